The van der Waals surface area contributed by atoms with Crippen molar-refractivity contribution in [3.05, 3.63) is 35.9 Å². The summed E-state index contributed by atoms with van der Waals surface area (Å²) in [4.78, 5) is 0. The molecular weight excluding hydrogens is 293 g/mol. The summed E-state index contributed by atoms with van der Waals surface area (Å²) in [5, 5.41) is 2.97. The minimum Gasteiger partial charge on any atom is -0.366 e. The van der Waals surface area contributed by atoms with Gasteiger partial charge in [0.05, 0.1) is 12.2 Å². The highest BCUT2D eigenvalue weighted by molar-refractivity contribution is 7.97. The van der Waals surface area contributed by atoms with Crippen molar-refractivity contribution in [1.29, 1.82) is 0 Å². The molecule has 4 nitrogen and oxygen atoms in total. The Morgan fingerprint density at radius 1 is 1.15 bits per heavy atom. The molecule has 0 saturated heterocycles. The molecule has 0 unspecified atom stereocenters. The van der Waals surface area contributed by atoms with Gasteiger partial charge in [0, 0.05) is 6.54 Å². The standard InChI is InChI=1S/C14H22NO3PS/c1-11(2)17-19(16,18-12(3)4)14(20)15-10-13-8-6-5-7-9-13/h5-9,11-12H,10H2,1-4H3,(H,15,20). The van der Waals surface area contributed by atoms with E-state index in [-0.39, 0.29) is 16.9 Å². The van der Waals surface area contributed by atoms with Gasteiger partial charge >= 0.3 is 7.60 Å². The number of benzene rings is 1. The molecule has 0 fully saturated rings. The van der Waals surface area contributed by atoms with E-state index >= 15 is 0 Å². The van der Waals surface area contributed by atoms with Gasteiger partial charge in [-0.25, -0.2) is 0 Å². The van der Waals surface area contributed by atoms with Gasteiger partial charge in [0.15, 0.2) is 4.73 Å². The van der Waals surface area contributed by atoms with Gasteiger partial charge in [-0.05, 0) is 33.3 Å². The quantitative estimate of drug-likeness (QED) is 0.606. The average molecular weight is 315 g/mol. The van der Waals surface area contributed by atoms with E-state index in [2.05, 4.69) is 5.32 Å². The summed E-state index contributed by atoms with van der Waals surface area (Å²) in [5.74, 6) is 0. The van der Waals surface area contributed by atoms with Crippen LogP contribution in [0.2, 0.25) is 0 Å². The summed E-state index contributed by atoms with van der Waals surface area (Å²) in [6.07, 6.45) is -0.452. The van der Waals surface area contributed by atoms with E-state index in [4.69, 9.17) is 21.3 Å². The molecule has 0 amide bonds. The van der Waals surface area contributed by atoms with Crippen molar-refractivity contribution in [2.45, 2.75) is 46.4 Å². The average Bonchev–Trinajstić information content (AvgIpc) is 2.35. The van der Waals surface area contributed by atoms with Gasteiger partial charge in [-0.3, -0.25) is 4.57 Å². The topological polar surface area (TPSA) is 47.6 Å². The van der Waals surface area contributed by atoms with Crippen LogP contribution in [0.25, 0.3) is 0 Å². The van der Waals surface area contributed by atoms with Crippen LogP contribution >= 0.6 is 19.8 Å². The molecule has 0 aliphatic rings. The third kappa shape index (κ3) is 5.71. The lowest BCUT2D eigenvalue weighted by atomic mass is 10.2. The third-order valence-corrected chi connectivity index (χ3v) is 5.10. The van der Waals surface area contributed by atoms with E-state index in [1.54, 1.807) is 27.7 Å². The van der Waals surface area contributed by atoms with Crippen LogP contribution in [0, 0.1) is 0 Å². The van der Waals surface area contributed by atoms with E-state index in [0.717, 1.165) is 5.56 Å². The maximum absolute atomic E-state index is 12.7. The summed E-state index contributed by atoms with van der Waals surface area (Å²) in [6, 6.07) is 9.75. The van der Waals surface area contributed by atoms with Crippen LogP contribution in [0.5, 0.6) is 0 Å². The van der Waals surface area contributed by atoms with Gasteiger partial charge in [-0.1, -0.05) is 42.5 Å². The first-order chi connectivity index (χ1) is 9.33. The maximum Gasteiger partial charge on any atom is 0.388 e. The minimum atomic E-state index is -3.44. The number of hydrogen-bond donors (Lipinski definition) is 1. The first-order valence-corrected chi connectivity index (χ1v) is 8.57. The Hall–Kier alpha value is -0.740. The van der Waals surface area contributed by atoms with Crippen LogP contribution in [0.15, 0.2) is 30.3 Å². The van der Waals surface area contributed by atoms with Gasteiger partial charge in [-0.2, -0.15) is 0 Å². The van der Waals surface area contributed by atoms with Crippen molar-refractivity contribution in [1.82, 2.24) is 5.32 Å². The molecule has 0 aliphatic carbocycles. The van der Waals surface area contributed by atoms with E-state index in [0.29, 0.717) is 6.54 Å². The molecule has 0 saturated carbocycles. The fraction of sp³-hybridized carbons (Fsp3) is 0.500. The Bertz CT molecular complexity index is 463. The highest BCUT2D eigenvalue weighted by atomic mass is 32.1. The normalized spacial score (nSPS) is 11.9. The zero-order valence-electron chi connectivity index (χ0n) is 12.3. The Labute approximate surface area is 126 Å². The Morgan fingerprint density at radius 3 is 2.10 bits per heavy atom. The molecule has 0 radical (unpaired) electrons. The van der Waals surface area contributed by atoms with Crippen LogP contribution in [-0.4, -0.2) is 16.9 Å². The van der Waals surface area contributed by atoms with Gasteiger partial charge in [0.2, 0.25) is 0 Å². The van der Waals surface area contributed by atoms with Gasteiger partial charge in [0.25, 0.3) is 0 Å². The largest absolute Gasteiger partial charge is 0.388 e. The smallest absolute Gasteiger partial charge is 0.366 e. The molecule has 0 heterocycles. The molecule has 0 bridgehead atoms. The maximum atomic E-state index is 12.7. The predicted octanol–water partition coefficient (Wildman–Crippen LogP) is 4.10. The summed E-state index contributed by atoms with van der Waals surface area (Å²) >= 11 is 5.20. The van der Waals surface area contributed by atoms with Gasteiger partial charge < -0.3 is 14.4 Å². The summed E-state index contributed by atoms with van der Waals surface area (Å²) < 4.78 is 23.7. The van der Waals surface area contributed by atoms with Crippen LogP contribution in [-0.2, 0) is 20.2 Å². The molecule has 1 rings (SSSR count). The lowest BCUT2D eigenvalue weighted by Crippen LogP contribution is -2.25. The zero-order chi connectivity index (χ0) is 15.2. The highest BCUT2D eigenvalue weighted by Crippen LogP contribution is 2.51. The summed E-state index contributed by atoms with van der Waals surface area (Å²) in [5.41, 5.74) is 1.05. The van der Waals surface area contributed by atoms with Crippen molar-refractivity contribution in [3.63, 3.8) is 0 Å². The molecule has 0 spiro atoms. The molecule has 1 aromatic rings. The van der Waals surface area contributed by atoms with E-state index in [1.165, 1.54) is 0 Å². The fourth-order valence-electron chi connectivity index (χ4n) is 1.55. The van der Waals surface area contributed by atoms with Crippen molar-refractivity contribution < 1.29 is 13.6 Å². The number of nitrogens with one attached hydrogen (secondary N) is 1. The second kappa shape index (κ2) is 7.89. The number of hydrogen-bond acceptors (Lipinski definition) is 4. The van der Waals surface area contributed by atoms with E-state index in [1.807, 2.05) is 30.3 Å². The number of rotatable bonds is 7. The van der Waals surface area contributed by atoms with Gasteiger partial charge in [0.1, 0.15) is 0 Å². The first kappa shape index (κ1) is 17.3. The Morgan fingerprint density at radius 2 is 1.65 bits per heavy atom. The second-order valence-corrected chi connectivity index (χ2v) is 7.52. The third-order valence-electron chi connectivity index (χ3n) is 2.23. The lowest BCUT2D eigenvalue weighted by Gasteiger charge is -2.23. The predicted molar refractivity (Wildman–Crippen MR) is 85.9 cm³/mol. The monoisotopic (exact) mass is 315 g/mol. The van der Waals surface area contributed by atoms with Crippen LogP contribution in [0.4, 0.5) is 0 Å². The van der Waals surface area contributed by atoms with Crippen molar-refractivity contribution in [2.24, 2.45) is 0 Å². The Kier molecular flexibility index (Phi) is 6.83. The first-order valence-electron chi connectivity index (χ1n) is 6.62. The van der Waals surface area contributed by atoms with E-state index < -0.39 is 7.60 Å². The van der Waals surface area contributed by atoms with Crippen LogP contribution in [0.3, 0.4) is 0 Å². The van der Waals surface area contributed by atoms with Crippen LogP contribution in [0.1, 0.15) is 33.3 Å². The van der Waals surface area contributed by atoms with Gasteiger partial charge in [-0.15, -0.1) is 0 Å². The summed E-state index contributed by atoms with van der Waals surface area (Å²) in [6.45, 7) is 7.70. The van der Waals surface area contributed by atoms with Crippen molar-refractivity contribution in [3.8, 4) is 0 Å². The summed E-state index contributed by atoms with van der Waals surface area (Å²) in [7, 11) is -3.44. The second-order valence-electron chi connectivity index (χ2n) is 4.95. The molecule has 0 aliphatic heterocycles. The molecule has 0 atom stereocenters. The molecule has 1 N–H and O–H groups in total. The molecule has 20 heavy (non-hydrogen) atoms. The fourth-order valence-corrected chi connectivity index (χ4v) is 3.50. The lowest BCUT2D eigenvalue weighted by molar-refractivity contribution is 0.152. The molecule has 6 heteroatoms. The Balaban J connectivity index is 2.71. The zero-order valence-corrected chi connectivity index (χ0v) is 14.0. The molecular formula is C14H22NO3PS. The van der Waals surface area contributed by atoms with E-state index in [9.17, 15) is 4.57 Å². The van der Waals surface area contributed by atoms with Crippen molar-refractivity contribution >= 4 is 24.5 Å². The minimum absolute atomic E-state index is 0.128. The van der Waals surface area contributed by atoms with Crippen LogP contribution < -0.4 is 5.32 Å². The molecule has 112 valence electrons. The molecule has 1 aromatic carbocycles. The van der Waals surface area contributed by atoms with Crippen molar-refractivity contribution in [2.75, 3.05) is 0 Å². The molecule has 0 aromatic heterocycles. The number of thiocarbonyl (C=S) groups is 1. The SMILES string of the molecule is CC(C)OP(=O)(OC(C)C)C(=S)NCc1ccccc1. The highest BCUT2D eigenvalue weighted by Gasteiger charge is 2.33.